The SMILES string of the molecule is Cc1nc2c(c(N3CCCC3)n1)CCN(C(=O)CCn1cnnn1)C2. The van der Waals surface area contributed by atoms with E-state index < -0.39 is 0 Å². The Hall–Kier alpha value is -2.58. The fourth-order valence-corrected chi connectivity index (χ4v) is 3.59. The molecule has 0 radical (unpaired) electrons. The number of carbonyl (C=O) groups excluding carboxylic acids is 1. The summed E-state index contributed by atoms with van der Waals surface area (Å²) in [7, 11) is 0. The lowest BCUT2D eigenvalue weighted by Crippen LogP contribution is -2.38. The van der Waals surface area contributed by atoms with Crippen LogP contribution in [0.2, 0.25) is 0 Å². The maximum atomic E-state index is 12.5. The lowest BCUT2D eigenvalue weighted by Gasteiger charge is -2.31. The summed E-state index contributed by atoms with van der Waals surface area (Å²) in [5.74, 6) is 1.98. The van der Waals surface area contributed by atoms with Crippen molar-refractivity contribution in [1.29, 1.82) is 0 Å². The molecule has 9 nitrogen and oxygen atoms in total. The summed E-state index contributed by atoms with van der Waals surface area (Å²) in [6, 6.07) is 0. The maximum absolute atomic E-state index is 12.5. The van der Waals surface area contributed by atoms with Crippen molar-refractivity contribution in [2.75, 3.05) is 24.5 Å². The summed E-state index contributed by atoms with van der Waals surface area (Å²) in [5.41, 5.74) is 2.22. The van der Waals surface area contributed by atoms with Gasteiger partial charge in [-0.2, -0.15) is 0 Å². The van der Waals surface area contributed by atoms with E-state index in [1.807, 2.05) is 11.8 Å². The summed E-state index contributed by atoms with van der Waals surface area (Å²) < 4.78 is 1.58. The third-order valence-corrected chi connectivity index (χ3v) is 4.86. The summed E-state index contributed by atoms with van der Waals surface area (Å²) in [6.07, 6.45) is 5.18. The molecule has 0 aromatic carbocycles. The number of anilines is 1. The Bertz CT molecular complexity index is 754. The molecule has 0 aliphatic carbocycles. The maximum Gasteiger partial charge on any atom is 0.224 e. The van der Waals surface area contributed by atoms with Crippen molar-refractivity contribution in [2.45, 2.75) is 45.7 Å². The quantitative estimate of drug-likeness (QED) is 0.791. The molecular weight excluding hydrogens is 320 g/mol. The van der Waals surface area contributed by atoms with Gasteiger partial charge in [-0.3, -0.25) is 4.79 Å². The number of tetrazole rings is 1. The number of hydrogen-bond acceptors (Lipinski definition) is 7. The van der Waals surface area contributed by atoms with Gasteiger partial charge in [0.1, 0.15) is 18.0 Å². The first-order valence-corrected chi connectivity index (χ1v) is 8.80. The number of carbonyl (C=O) groups is 1. The number of hydrogen-bond donors (Lipinski definition) is 0. The van der Waals surface area contributed by atoms with Crippen LogP contribution in [0, 0.1) is 6.92 Å². The first-order valence-electron chi connectivity index (χ1n) is 8.80. The molecule has 1 saturated heterocycles. The monoisotopic (exact) mass is 342 g/mol. The molecule has 25 heavy (non-hydrogen) atoms. The third-order valence-electron chi connectivity index (χ3n) is 4.86. The normalized spacial score (nSPS) is 17.0. The molecule has 2 aliphatic rings. The molecule has 0 spiro atoms. The van der Waals surface area contributed by atoms with Crippen molar-refractivity contribution in [1.82, 2.24) is 35.1 Å². The standard InChI is InChI=1S/C16H22N8O/c1-12-18-14-10-23(15(25)5-9-24-11-17-20-21-24)8-4-13(14)16(19-12)22-6-2-3-7-22/h11H,2-10H2,1H3. The second-order valence-corrected chi connectivity index (χ2v) is 6.60. The zero-order valence-corrected chi connectivity index (χ0v) is 14.4. The second-order valence-electron chi connectivity index (χ2n) is 6.60. The Morgan fingerprint density at radius 3 is 2.80 bits per heavy atom. The molecule has 0 N–H and O–H groups in total. The molecule has 1 amide bonds. The average molecular weight is 342 g/mol. The van der Waals surface area contributed by atoms with Gasteiger partial charge in [-0.05, 0) is 36.6 Å². The van der Waals surface area contributed by atoms with Crippen LogP contribution in [0.25, 0.3) is 0 Å². The number of rotatable bonds is 4. The molecular formula is C16H22N8O. The summed E-state index contributed by atoms with van der Waals surface area (Å²) >= 11 is 0. The predicted molar refractivity (Wildman–Crippen MR) is 89.8 cm³/mol. The Labute approximate surface area is 146 Å². The van der Waals surface area contributed by atoms with Crippen LogP contribution in [-0.4, -0.2) is 60.6 Å². The van der Waals surface area contributed by atoms with Crippen LogP contribution in [0.1, 0.15) is 36.3 Å². The van der Waals surface area contributed by atoms with Gasteiger partial charge in [0.2, 0.25) is 5.91 Å². The van der Waals surface area contributed by atoms with Crippen LogP contribution in [-0.2, 0) is 24.3 Å². The highest BCUT2D eigenvalue weighted by Gasteiger charge is 2.27. The van der Waals surface area contributed by atoms with Crippen LogP contribution in [0.5, 0.6) is 0 Å². The van der Waals surface area contributed by atoms with Crippen LogP contribution >= 0.6 is 0 Å². The van der Waals surface area contributed by atoms with Gasteiger partial charge in [-0.15, -0.1) is 5.10 Å². The molecule has 1 fully saturated rings. The minimum Gasteiger partial charge on any atom is -0.356 e. The molecule has 9 heteroatoms. The third kappa shape index (κ3) is 3.31. The minimum absolute atomic E-state index is 0.111. The van der Waals surface area contributed by atoms with E-state index in [1.54, 1.807) is 4.68 Å². The Morgan fingerprint density at radius 1 is 1.20 bits per heavy atom. The van der Waals surface area contributed by atoms with E-state index in [4.69, 9.17) is 4.98 Å². The van der Waals surface area contributed by atoms with Crippen LogP contribution in [0.3, 0.4) is 0 Å². The second kappa shape index (κ2) is 6.73. The van der Waals surface area contributed by atoms with Gasteiger partial charge >= 0.3 is 0 Å². The first-order chi connectivity index (χ1) is 12.2. The van der Waals surface area contributed by atoms with Crippen molar-refractivity contribution in [3.63, 3.8) is 0 Å². The minimum atomic E-state index is 0.111. The number of aryl methyl sites for hydroxylation is 2. The molecule has 4 rings (SSSR count). The zero-order chi connectivity index (χ0) is 17.2. The predicted octanol–water partition coefficient (Wildman–Crippen LogP) is 0.347. The van der Waals surface area contributed by atoms with Gasteiger partial charge in [-0.25, -0.2) is 14.6 Å². The average Bonchev–Trinajstić information content (AvgIpc) is 3.31. The molecule has 2 aromatic rings. The fourth-order valence-electron chi connectivity index (χ4n) is 3.59. The molecule has 132 valence electrons. The smallest absolute Gasteiger partial charge is 0.224 e. The molecule has 2 aliphatic heterocycles. The van der Waals surface area contributed by atoms with Gasteiger partial charge in [-0.1, -0.05) is 0 Å². The summed E-state index contributed by atoms with van der Waals surface area (Å²) in [4.78, 5) is 26.1. The number of amides is 1. The molecule has 0 unspecified atom stereocenters. The van der Waals surface area contributed by atoms with E-state index in [0.29, 0.717) is 26.1 Å². The highest BCUT2D eigenvalue weighted by atomic mass is 16.2. The molecule has 2 aromatic heterocycles. The lowest BCUT2D eigenvalue weighted by atomic mass is 10.0. The van der Waals surface area contributed by atoms with Gasteiger partial charge in [0.05, 0.1) is 18.8 Å². The van der Waals surface area contributed by atoms with E-state index in [-0.39, 0.29) is 5.91 Å². The van der Waals surface area contributed by atoms with Crippen molar-refractivity contribution in [3.05, 3.63) is 23.4 Å². The number of nitrogens with zero attached hydrogens (tertiary/aromatic N) is 8. The van der Waals surface area contributed by atoms with E-state index >= 15 is 0 Å². The first kappa shape index (κ1) is 15.9. The van der Waals surface area contributed by atoms with E-state index in [0.717, 1.165) is 36.8 Å². The van der Waals surface area contributed by atoms with Gasteiger partial charge in [0.25, 0.3) is 0 Å². The zero-order valence-electron chi connectivity index (χ0n) is 14.4. The fraction of sp³-hybridized carbons (Fsp3) is 0.625. The van der Waals surface area contributed by atoms with Crippen molar-refractivity contribution < 1.29 is 4.79 Å². The molecule has 4 heterocycles. The Balaban J connectivity index is 1.48. The molecule has 0 saturated carbocycles. The lowest BCUT2D eigenvalue weighted by molar-refractivity contribution is -0.132. The van der Waals surface area contributed by atoms with E-state index in [1.165, 1.54) is 24.7 Å². The Kier molecular flexibility index (Phi) is 4.29. The van der Waals surface area contributed by atoms with Crippen molar-refractivity contribution in [3.8, 4) is 0 Å². The van der Waals surface area contributed by atoms with Crippen molar-refractivity contribution >= 4 is 11.7 Å². The van der Waals surface area contributed by atoms with Gasteiger partial charge in [0, 0.05) is 31.6 Å². The van der Waals surface area contributed by atoms with E-state index in [9.17, 15) is 4.79 Å². The largest absolute Gasteiger partial charge is 0.356 e. The Morgan fingerprint density at radius 2 is 2.04 bits per heavy atom. The van der Waals surface area contributed by atoms with E-state index in [2.05, 4.69) is 25.4 Å². The number of fused-ring (bicyclic) bond motifs is 1. The van der Waals surface area contributed by atoms with Crippen LogP contribution in [0.4, 0.5) is 5.82 Å². The van der Waals surface area contributed by atoms with Crippen molar-refractivity contribution in [2.24, 2.45) is 0 Å². The summed E-state index contributed by atoms with van der Waals surface area (Å²) in [6.45, 7) is 5.84. The topological polar surface area (TPSA) is 92.9 Å². The van der Waals surface area contributed by atoms with Gasteiger partial charge in [0.15, 0.2) is 0 Å². The highest BCUT2D eigenvalue weighted by Crippen LogP contribution is 2.28. The molecule has 0 bridgehead atoms. The highest BCUT2D eigenvalue weighted by molar-refractivity contribution is 5.76. The summed E-state index contributed by atoms with van der Waals surface area (Å²) in [5, 5.41) is 11.0. The van der Waals surface area contributed by atoms with Crippen LogP contribution in [0.15, 0.2) is 6.33 Å². The van der Waals surface area contributed by atoms with Crippen LogP contribution < -0.4 is 4.90 Å². The van der Waals surface area contributed by atoms with Gasteiger partial charge < -0.3 is 9.80 Å². The number of aromatic nitrogens is 6. The molecule has 0 atom stereocenters.